The molecule has 0 aromatic carbocycles. The fourth-order valence-electron chi connectivity index (χ4n) is 2.15. The van der Waals surface area contributed by atoms with Crippen LogP contribution in [0.3, 0.4) is 0 Å². The number of carbonyl (C=O) groups excluding carboxylic acids is 2. The van der Waals surface area contributed by atoms with Crippen molar-refractivity contribution >= 4 is 55.4 Å². The van der Waals surface area contributed by atoms with E-state index in [0.29, 0.717) is 12.8 Å². The van der Waals surface area contributed by atoms with Crippen molar-refractivity contribution in [3.8, 4) is 0 Å². The molecule has 2 amide bonds. The maximum absolute atomic E-state index is 10.8. The minimum atomic E-state index is -2.90. The van der Waals surface area contributed by atoms with E-state index in [2.05, 4.69) is 35.9 Å². The maximum Gasteiger partial charge on any atom is 2.00 e. The van der Waals surface area contributed by atoms with E-state index in [4.69, 9.17) is 0 Å². The van der Waals surface area contributed by atoms with Gasteiger partial charge in [-0.1, -0.05) is 0 Å². The number of hydrogen-bond acceptors (Lipinski definition) is 8. The summed E-state index contributed by atoms with van der Waals surface area (Å²) in [6.07, 6.45) is 0.982. The van der Waals surface area contributed by atoms with Gasteiger partial charge < -0.3 is 45.5 Å². The first-order chi connectivity index (χ1) is 9.99. The molecule has 0 radical (unpaired) electrons. The zero-order valence-corrected chi connectivity index (χ0v) is 18.4. The van der Waals surface area contributed by atoms with E-state index in [9.17, 15) is 26.4 Å². The molecule has 2 aliphatic rings. The molecule has 2 unspecified atom stereocenters. The first-order valence-corrected chi connectivity index (χ1v) is 10.8. The van der Waals surface area contributed by atoms with Crippen molar-refractivity contribution in [1.29, 1.82) is 0 Å². The van der Waals surface area contributed by atoms with Crippen molar-refractivity contribution in [1.82, 2.24) is 10.6 Å². The van der Waals surface area contributed by atoms with Crippen LogP contribution in [0.25, 0.3) is 0 Å². The van der Waals surface area contributed by atoms with E-state index in [1.54, 1.807) is 0 Å². The van der Waals surface area contributed by atoms with Crippen molar-refractivity contribution in [3.05, 3.63) is 0 Å². The first kappa shape index (κ1) is 22.9. The van der Waals surface area contributed by atoms with Crippen LogP contribution in [0.1, 0.15) is 12.8 Å². The van der Waals surface area contributed by atoms with Gasteiger partial charge in [-0.3, -0.25) is 0 Å². The minimum absolute atomic E-state index is 0. The van der Waals surface area contributed by atoms with Gasteiger partial charge in [-0.25, -0.2) is 16.8 Å². The Morgan fingerprint density at radius 1 is 0.783 bits per heavy atom. The molecular weight excluding hydrogens is 438 g/mol. The molecule has 2 rings (SSSR count). The zero-order valence-electron chi connectivity index (χ0n) is 12.2. The average Bonchev–Trinajstić information content (AvgIpc) is 2.80. The Labute approximate surface area is 159 Å². The molecule has 2 aliphatic heterocycles. The smallest absolute Gasteiger partial charge is 0.719 e. The Morgan fingerprint density at radius 3 is 1.26 bits per heavy atom. The predicted octanol–water partition coefficient (Wildman–Crippen LogP) is -1.14. The molecule has 2 fully saturated rings. The van der Waals surface area contributed by atoms with E-state index in [1.165, 1.54) is 0 Å². The van der Waals surface area contributed by atoms with E-state index >= 15 is 0 Å². The molecule has 8 nitrogen and oxygen atoms in total. The molecule has 0 bridgehead atoms. The molecule has 128 valence electrons. The number of rotatable bonds is 2. The van der Waals surface area contributed by atoms with Crippen molar-refractivity contribution in [2.45, 2.75) is 24.9 Å². The van der Waals surface area contributed by atoms with Gasteiger partial charge in [0.15, 0.2) is 19.7 Å². The fourth-order valence-corrected chi connectivity index (χ4v) is 5.83. The SMILES string of the molecule is O=C([S-])NC1CCS(=O)(=O)C1.O=C([S-])NC1CCS(=O)(=O)C1.[Zn+2]. The van der Waals surface area contributed by atoms with Crippen LogP contribution >= 0.6 is 0 Å². The van der Waals surface area contributed by atoms with Gasteiger partial charge in [-0.05, 0) is 12.8 Å². The van der Waals surface area contributed by atoms with Gasteiger partial charge in [-0.2, -0.15) is 0 Å². The molecule has 0 spiro atoms. The van der Waals surface area contributed by atoms with Crippen LogP contribution in [0.15, 0.2) is 0 Å². The van der Waals surface area contributed by atoms with E-state index < -0.39 is 30.2 Å². The van der Waals surface area contributed by atoms with Crippen molar-refractivity contribution in [3.63, 3.8) is 0 Å². The van der Waals surface area contributed by atoms with Gasteiger partial charge in [0.2, 0.25) is 0 Å². The number of hydrogen-bond donors (Lipinski definition) is 2. The van der Waals surface area contributed by atoms with Crippen LogP contribution in [0.2, 0.25) is 0 Å². The van der Waals surface area contributed by atoms with Crippen LogP contribution in [-0.2, 0) is 64.4 Å². The Morgan fingerprint density at radius 2 is 1.09 bits per heavy atom. The monoisotopic (exact) mass is 452 g/mol. The molecule has 0 aliphatic carbocycles. The molecule has 2 heterocycles. The molecule has 0 aromatic rings. The van der Waals surface area contributed by atoms with Gasteiger partial charge in [0, 0.05) is 12.1 Å². The van der Waals surface area contributed by atoms with Crippen LogP contribution < -0.4 is 10.6 Å². The molecule has 23 heavy (non-hydrogen) atoms. The number of nitrogens with one attached hydrogen (secondary N) is 2. The van der Waals surface area contributed by atoms with E-state index in [-0.39, 0.29) is 54.6 Å². The standard InChI is InChI=1S/2C5H9NO3S2.Zn/c2*7-5(10)6-4-1-2-11(8,9)3-4;/h2*4H,1-3H2,(H2,6,7,10);/q;;+2/p-2. The fraction of sp³-hybridized carbons (Fsp3) is 0.800. The van der Waals surface area contributed by atoms with Crippen molar-refractivity contribution in [2.24, 2.45) is 0 Å². The Bertz CT molecular complexity index is 580. The van der Waals surface area contributed by atoms with Gasteiger partial charge in [0.25, 0.3) is 0 Å². The number of sulfone groups is 2. The van der Waals surface area contributed by atoms with Gasteiger partial charge in [0.1, 0.15) is 0 Å². The van der Waals surface area contributed by atoms with Gasteiger partial charge in [-0.15, -0.1) is 0 Å². The quantitative estimate of drug-likeness (QED) is 0.397. The second kappa shape index (κ2) is 9.40. The summed E-state index contributed by atoms with van der Waals surface area (Å²) in [5.41, 5.74) is 0. The van der Waals surface area contributed by atoms with Crippen LogP contribution in [0.5, 0.6) is 0 Å². The van der Waals surface area contributed by atoms with Crippen molar-refractivity contribution < 1.29 is 45.9 Å². The molecule has 2 N–H and O–H groups in total. The second-order valence-corrected chi connectivity index (χ2v) is 10.3. The summed E-state index contributed by atoms with van der Waals surface area (Å²) in [5, 5.41) is 3.63. The molecule has 0 aromatic heterocycles. The Hall–Kier alpha value is -0.0966. The molecular formula is C10H16N2O6S4Zn. The summed E-state index contributed by atoms with van der Waals surface area (Å²) in [6, 6.07) is -0.519. The zero-order chi connectivity index (χ0) is 17.0. The summed E-state index contributed by atoms with van der Waals surface area (Å²) >= 11 is 8.49. The van der Waals surface area contributed by atoms with Crippen molar-refractivity contribution in [2.75, 3.05) is 23.0 Å². The average molecular weight is 454 g/mol. The van der Waals surface area contributed by atoms with Gasteiger partial charge >= 0.3 is 19.5 Å². The predicted molar refractivity (Wildman–Crippen MR) is 85.9 cm³/mol. The minimum Gasteiger partial charge on any atom is -0.719 e. The second-order valence-electron chi connectivity index (χ2n) is 5.06. The van der Waals surface area contributed by atoms with Gasteiger partial charge in [0.05, 0.1) is 33.5 Å². The molecule has 2 atom stereocenters. The summed E-state index contributed by atoms with van der Waals surface area (Å²) in [6.45, 7) is 0. The first-order valence-electron chi connectivity index (χ1n) is 6.35. The van der Waals surface area contributed by atoms with E-state index in [1.807, 2.05) is 0 Å². The third kappa shape index (κ3) is 9.70. The summed E-state index contributed by atoms with van der Waals surface area (Å²) < 4.78 is 43.3. The maximum atomic E-state index is 10.8. The molecule has 2 saturated heterocycles. The Kier molecular flexibility index (Phi) is 9.36. The topological polar surface area (TPSA) is 126 Å². The summed E-state index contributed by atoms with van der Waals surface area (Å²) in [7, 11) is -5.80. The van der Waals surface area contributed by atoms with E-state index in [0.717, 1.165) is 0 Å². The number of amides is 2. The summed E-state index contributed by atoms with van der Waals surface area (Å²) in [4.78, 5) is 20.6. The number of carbonyl (C=O) groups is 2. The van der Waals surface area contributed by atoms with Crippen LogP contribution in [0, 0.1) is 0 Å². The van der Waals surface area contributed by atoms with Crippen LogP contribution in [0.4, 0.5) is 9.59 Å². The largest absolute Gasteiger partial charge is 2.00 e. The Balaban J connectivity index is 0.000000403. The third-order valence-electron chi connectivity index (χ3n) is 3.11. The third-order valence-corrected chi connectivity index (χ3v) is 6.88. The summed E-state index contributed by atoms with van der Waals surface area (Å²) in [5.74, 6) is 0.394. The normalized spacial score (nSPS) is 27.0. The van der Waals surface area contributed by atoms with Crippen LogP contribution in [-0.4, -0.2) is 62.4 Å². The molecule has 13 heteroatoms. The molecule has 0 saturated carbocycles.